The van der Waals surface area contributed by atoms with Crippen LogP contribution in [0.1, 0.15) is 46.1 Å². The van der Waals surface area contributed by atoms with E-state index in [0.717, 1.165) is 30.9 Å². The Kier molecular flexibility index (Phi) is 5.63. The molecule has 0 radical (unpaired) electrons. The standard InChI is InChI=1S/C18H29FN2/c1-13(2)10-20-11-15-6-5-7-17(19)18(15)21(12-14(3)4)16-8-9-16/h5-7,13-14,16,20H,8-12H2,1-4H3. The molecule has 0 heterocycles. The minimum absolute atomic E-state index is 0.0774. The molecule has 21 heavy (non-hydrogen) atoms. The fourth-order valence-electron chi connectivity index (χ4n) is 2.72. The number of benzene rings is 1. The molecule has 0 spiro atoms. The number of halogens is 1. The van der Waals surface area contributed by atoms with Crippen molar-refractivity contribution in [1.29, 1.82) is 0 Å². The van der Waals surface area contributed by atoms with E-state index in [1.54, 1.807) is 6.07 Å². The molecule has 2 rings (SSSR count). The highest BCUT2D eigenvalue weighted by Gasteiger charge is 2.32. The minimum atomic E-state index is -0.0774. The van der Waals surface area contributed by atoms with Gasteiger partial charge in [0, 0.05) is 19.1 Å². The molecule has 118 valence electrons. The molecule has 0 saturated heterocycles. The molecule has 0 atom stereocenters. The normalized spacial score (nSPS) is 15.0. The zero-order valence-electron chi connectivity index (χ0n) is 13.8. The number of para-hydroxylation sites is 1. The predicted molar refractivity (Wildman–Crippen MR) is 88.2 cm³/mol. The number of nitrogens with one attached hydrogen (secondary N) is 1. The molecule has 1 N–H and O–H groups in total. The van der Waals surface area contributed by atoms with E-state index in [1.807, 2.05) is 6.07 Å². The third-order valence-electron chi connectivity index (χ3n) is 3.78. The Hall–Kier alpha value is -1.09. The van der Waals surface area contributed by atoms with Crippen molar-refractivity contribution in [3.05, 3.63) is 29.6 Å². The van der Waals surface area contributed by atoms with Crippen molar-refractivity contribution in [3.8, 4) is 0 Å². The number of hydrogen-bond acceptors (Lipinski definition) is 2. The Morgan fingerprint density at radius 1 is 1.19 bits per heavy atom. The van der Waals surface area contributed by atoms with E-state index in [0.29, 0.717) is 17.9 Å². The number of nitrogens with zero attached hydrogens (tertiary/aromatic N) is 1. The smallest absolute Gasteiger partial charge is 0.146 e. The van der Waals surface area contributed by atoms with Crippen LogP contribution in [0.25, 0.3) is 0 Å². The first-order valence-electron chi connectivity index (χ1n) is 8.23. The van der Waals surface area contributed by atoms with Crippen molar-refractivity contribution in [1.82, 2.24) is 5.32 Å². The molecule has 1 saturated carbocycles. The van der Waals surface area contributed by atoms with Gasteiger partial charge in [-0.1, -0.05) is 39.8 Å². The van der Waals surface area contributed by atoms with E-state index < -0.39 is 0 Å². The first kappa shape index (κ1) is 16.3. The highest BCUT2D eigenvalue weighted by Crippen LogP contribution is 2.36. The largest absolute Gasteiger partial charge is 0.366 e. The van der Waals surface area contributed by atoms with Gasteiger partial charge in [-0.2, -0.15) is 0 Å². The van der Waals surface area contributed by atoms with Crippen molar-refractivity contribution < 1.29 is 4.39 Å². The van der Waals surface area contributed by atoms with Gasteiger partial charge in [-0.05, 0) is 42.9 Å². The van der Waals surface area contributed by atoms with Crippen LogP contribution in [0.5, 0.6) is 0 Å². The van der Waals surface area contributed by atoms with Gasteiger partial charge in [0.05, 0.1) is 5.69 Å². The molecule has 3 heteroatoms. The van der Waals surface area contributed by atoms with Crippen molar-refractivity contribution in [3.63, 3.8) is 0 Å². The topological polar surface area (TPSA) is 15.3 Å². The lowest BCUT2D eigenvalue weighted by molar-refractivity contribution is 0.544. The molecule has 0 unspecified atom stereocenters. The van der Waals surface area contributed by atoms with Gasteiger partial charge in [-0.25, -0.2) is 4.39 Å². The summed E-state index contributed by atoms with van der Waals surface area (Å²) < 4.78 is 14.5. The van der Waals surface area contributed by atoms with Crippen LogP contribution in [0.15, 0.2) is 18.2 Å². The average molecular weight is 292 g/mol. The first-order chi connectivity index (χ1) is 9.99. The Morgan fingerprint density at radius 2 is 1.90 bits per heavy atom. The Labute approximate surface area is 128 Å². The van der Waals surface area contributed by atoms with Gasteiger partial charge in [0.25, 0.3) is 0 Å². The molecule has 0 aliphatic heterocycles. The number of rotatable bonds is 8. The molecule has 1 aliphatic carbocycles. The Morgan fingerprint density at radius 3 is 2.48 bits per heavy atom. The molecule has 0 bridgehead atoms. The average Bonchev–Trinajstić information content (AvgIpc) is 3.20. The SMILES string of the molecule is CC(C)CNCc1cccc(F)c1N(CC(C)C)C1CC1. The third kappa shape index (κ3) is 4.70. The quantitative estimate of drug-likeness (QED) is 0.772. The maximum Gasteiger partial charge on any atom is 0.146 e. The van der Waals surface area contributed by atoms with Gasteiger partial charge < -0.3 is 10.2 Å². The molecule has 2 nitrogen and oxygen atoms in total. The summed E-state index contributed by atoms with van der Waals surface area (Å²) >= 11 is 0. The van der Waals surface area contributed by atoms with Crippen molar-refractivity contribution in [2.45, 2.75) is 53.1 Å². The molecule has 1 aromatic carbocycles. The lowest BCUT2D eigenvalue weighted by Gasteiger charge is -2.29. The van der Waals surface area contributed by atoms with E-state index >= 15 is 0 Å². The van der Waals surface area contributed by atoms with Crippen LogP contribution in [-0.2, 0) is 6.54 Å². The van der Waals surface area contributed by atoms with Crippen LogP contribution >= 0.6 is 0 Å². The molecule has 1 aliphatic rings. The summed E-state index contributed by atoms with van der Waals surface area (Å²) in [5, 5.41) is 3.44. The van der Waals surface area contributed by atoms with Crippen LogP contribution in [-0.4, -0.2) is 19.1 Å². The first-order valence-corrected chi connectivity index (χ1v) is 8.23. The molecule has 0 amide bonds. The predicted octanol–water partition coefficient (Wildman–Crippen LogP) is 4.20. The van der Waals surface area contributed by atoms with E-state index in [9.17, 15) is 4.39 Å². The van der Waals surface area contributed by atoms with Gasteiger partial charge in [0.2, 0.25) is 0 Å². The van der Waals surface area contributed by atoms with Crippen molar-refractivity contribution >= 4 is 5.69 Å². The van der Waals surface area contributed by atoms with Gasteiger partial charge in [-0.15, -0.1) is 0 Å². The van der Waals surface area contributed by atoms with Gasteiger partial charge >= 0.3 is 0 Å². The van der Waals surface area contributed by atoms with E-state index in [-0.39, 0.29) is 5.82 Å². The molecule has 1 aromatic rings. The fraction of sp³-hybridized carbons (Fsp3) is 0.667. The van der Waals surface area contributed by atoms with Crippen molar-refractivity contribution in [2.24, 2.45) is 11.8 Å². The molecular weight excluding hydrogens is 263 g/mol. The lowest BCUT2D eigenvalue weighted by atomic mass is 10.1. The second-order valence-corrected chi connectivity index (χ2v) is 7.05. The minimum Gasteiger partial charge on any atom is -0.366 e. The third-order valence-corrected chi connectivity index (χ3v) is 3.78. The maximum absolute atomic E-state index is 14.5. The highest BCUT2D eigenvalue weighted by atomic mass is 19.1. The van der Waals surface area contributed by atoms with Crippen molar-refractivity contribution in [2.75, 3.05) is 18.0 Å². The zero-order chi connectivity index (χ0) is 15.4. The molecular formula is C18H29FN2. The number of anilines is 1. The second-order valence-electron chi connectivity index (χ2n) is 7.05. The summed E-state index contributed by atoms with van der Waals surface area (Å²) in [5.74, 6) is 1.07. The van der Waals surface area contributed by atoms with Gasteiger partial charge in [0.1, 0.15) is 5.82 Å². The summed E-state index contributed by atoms with van der Waals surface area (Å²) in [7, 11) is 0. The fourth-order valence-corrected chi connectivity index (χ4v) is 2.72. The van der Waals surface area contributed by atoms with E-state index in [4.69, 9.17) is 0 Å². The molecule has 0 aromatic heterocycles. The van der Waals surface area contributed by atoms with Gasteiger partial charge in [-0.3, -0.25) is 0 Å². The van der Waals surface area contributed by atoms with Crippen LogP contribution in [0.4, 0.5) is 10.1 Å². The Bertz CT molecular complexity index is 453. The second kappa shape index (κ2) is 7.26. The summed E-state index contributed by atoms with van der Waals surface area (Å²) in [6.07, 6.45) is 2.39. The monoisotopic (exact) mass is 292 g/mol. The lowest BCUT2D eigenvalue weighted by Crippen LogP contribution is -2.32. The summed E-state index contributed by atoms with van der Waals surface area (Å²) in [4.78, 5) is 2.30. The summed E-state index contributed by atoms with van der Waals surface area (Å²) in [6, 6.07) is 6.01. The van der Waals surface area contributed by atoms with Crippen LogP contribution in [0, 0.1) is 17.7 Å². The van der Waals surface area contributed by atoms with Crippen LogP contribution in [0.3, 0.4) is 0 Å². The van der Waals surface area contributed by atoms with Crippen LogP contribution in [0.2, 0.25) is 0 Å². The Balaban J connectivity index is 2.18. The maximum atomic E-state index is 14.5. The summed E-state index contributed by atoms with van der Waals surface area (Å²) in [5.41, 5.74) is 1.91. The zero-order valence-corrected chi connectivity index (χ0v) is 13.8. The van der Waals surface area contributed by atoms with Crippen LogP contribution < -0.4 is 10.2 Å². The van der Waals surface area contributed by atoms with Gasteiger partial charge in [0.15, 0.2) is 0 Å². The summed E-state index contributed by atoms with van der Waals surface area (Å²) in [6.45, 7) is 11.4. The molecule has 1 fully saturated rings. The highest BCUT2D eigenvalue weighted by molar-refractivity contribution is 5.56. The number of hydrogen-bond donors (Lipinski definition) is 1. The van der Waals surface area contributed by atoms with E-state index in [2.05, 4.69) is 44.0 Å². The van der Waals surface area contributed by atoms with E-state index in [1.165, 1.54) is 12.8 Å².